The lowest BCUT2D eigenvalue weighted by molar-refractivity contribution is 0.176. The molecule has 34 heavy (non-hydrogen) atoms. The molecule has 1 aromatic carbocycles. The van der Waals surface area contributed by atoms with Crippen LogP contribution in [0.5, 0.6) is 17.4 Å². The van der Waals surface area contributed by atoms with Crippen LogP contribution in [0.2, 0.25) is 10.0 Å². The fourth-order valence-electron chi connectivity index (χ4n) is 2.32. The third-order valence-electron chi connectivity index (χ3n) is 3.83. The third-order valence-corrected chi connectivity index (χ3v) is 5.01. The molecule has 6 nitrogen and oxygen atoms in total. The molecule has 0 radical (unpaired) electrons. The summed E-state index contributed by atoms with van der Waals surface area (Å²) in [5.41, 5.74) is 0.951. The minimum absolute atomic E-state index is 0.115. The molecular formula is C22H20Cl6N2O4. The number of hydrogen-bond acceptors (Lipinski definition) is 6. The normalized spacial score (nSPS) is 10.6. The van der Waals surface area contributed by atoms with E-state index in [0.717, 1.165) is 5.56 Å². The predicted molar refractivity (Wildman–Crippen MR) is 140 cm³/mol. The number of pyridine rings is 1. The smallest absolute Gasteiger partial charge is 0.213 e. The van der Waals surface area contributed by atoms with Crippen molar-refractivity contribution in [2.45, 2.75) is 12.8 Å². The van der Waals surface area contributed by atoms with Gasteiger partial charge in [-0.2, -0.15) is 0 Å². The third kappa shape index (κ3) is 11.7. The summed E-state index contributed by atoms with van der Waals surface area (Å²) < 4.78 is 17.0. The van der Waals surface area contributed by atoms with Crippen molar-refractivity contribution < 1.29 is 19.0 Å². The Bertz CT molecular complexity index is 968. The van der Waals surface area contributed by atoms with E-state index in [2.05, 4.69) is 10.1 Å². The van der Waals surface area contributed by atoms with Crippen molar-refractivity contribution in [2.24, 2.45) is 5.16 Å². The van der Waals surface area contributed by atoms with Crippen LogP contribution in [0.15, 0.2) is 56.8 Å². The maximum absolute atomic E-state index is 6.24. The maximum atomic E-state index is 6.24. The fourth-order valence-corrected chi connectivity index (χ4v) is 3.15. The number of benzene rings is 1. The van der Waals surface area contributed by atoms with E-state index >= 15 is 0 Å². The highest BCUT2D eigenvalue weighted by Gasteiger charge is 2.11. The van der Waals surface area contributed by atoms with Crippen molar-refractivity contribution in [3.05, 3.63) is 67.2 Å². The molecule has 2 aromatic rings. The van der Waals surface area contributed by atoms with Crippen LogP contribution in [0, 0.1) is 0 Å². The van der Waals surface area contributed by atoms with Gasteiger partial charge in [0, 0.05) is 43.5 Å². The standard InChI is InChI=1S/C22H20Cl6N2O4/c23-17-12-16(31-10-5-19(25)26)13-18(24)22(17)33-9-1-8-32-21-3-2-15(14-29-21)4-7-30-34-11-6-20(27)28/h2-3,5-7,12-14H,1,4,8-11H2/b30-7+. The van der Waals surface area contributed by atoms with Crippen LogP contribution in [-0.2, 0) is 11.3 Å². The monoisotopic (exact) mass is 586 g/mol. The molecule has 0 bridgehead atoms. The van der Waals surface area contributed by atoms with E-state index < -0.39 is 0 Å². The molecule has 12 heteroatoms. The van der Waals surface area contributed by atoms with Crippen LogP contribution in [0.3, 0.4) is 0 Å². The van der Waals surface area contributed by atoms with Crippen LogP contribution < -0.4 is 14.2 Å². The second kappa shape index (κ2) is 16.2. The average Bonchev–Trinajstić information content (AvgIpc) is 2.78. The summed E-state index contributed by atoms with van der Waals surface area (Å²) in [5, 5.41) is 4.45. The first-order valence-electron chi connectivity index (χ1n) is 9.83. The van der Waals surface area contributed by atoms with Crippen LogP contribution in [-0.4, -0.2) is 37.6 Å². The van der Waals surface area contributed by atoms with Crippen LogP contribution in [0.1, 0.15) is 12.0 Å². The number of nitrogens with zero attached hydrogens (tertiary/aromatic N) is 2. The number of ether oxygens (including phenoxy) is 3. The Morgan fingerprint density at radius 1 is 0.882 bits per heavy atom. The van der Waals surface area contributed by atoms with Crippen molar-refractivity contribution >= 4 is 75.8 Å². The Labute approximate surface area is 227 Å². The SMILES string of the molecule is ClC(Cl)=CCO/N=C/Cc1ccc(OCCCOc2c(Cl)cc(OCC=C(Cl)Cl)cc2Cl)nc1. The van der Waals surface area contributed by atoms with Gasteiger partial charge < -0.3 is 19.0 Å². The Kier molecular flexibility index (Phi) is 13.7. The van der Waals surface area contributed by atoms with Crippen molar-refractivity contribution in [1.82, 2.24) is 4.98 Å². The molecule has 0 amide bonds. The molecule has 1 aromatic heterocycles. The van der Waals surface area contributed by atoms with E-state index in [1.54, 1.807) is 30.6 Å². The summed E-state index contributed by atoms with van der Waals surface area (Å²) in [7, 11) is 0. The molecule has 0 atom stereocenters. The minimum atomic E-state index is 0.115. The summed E-state index contributed by atoms with van der Waals surface area (Å²) in [6, 6.07) is 6.87. The summed E-state index contributed by atoms with van der Waals surface area (Å²) in [6.07, 6.45) is 7.47. The van der Waals surface area contributed by atoms with Gasteiger partial charge in [-0.1, -0.05) is 80.8 Å². The van der Waals surface area contributed by atoms with Crippen molar-refractivity contribution in [3.63, 3.8) is 0 Å². The number of aromatic nitrogens is 1. The van der Waals surface area contributed by atoms with Crippen molar-refractivity contribution in [2.75, 3.05) is 26.4 Å². The zero-order chi connectivity index (χ0) is 24.8. The molecule has 0 saturated heterocycles. The number of hydrogen-bond donors (Lipinski definition) is 0. The predicted octanol–water partition coefficient (Wildman–Crippen LogP) is 7.80. The zero-order valence-corrected chi connectivity index (χ0v) is 22.2. The quantitative estimate of drug-likeness (QED) is 0.128. The highest BCUT2D eigenvalue weighted by molar-refractivity contribution is 6.56. The van der Waals surface area contributed by atoms with Gasteiger partial charge in [-0.15, -0.1) is 0 Å². The maximum Gasteiger partial charge on any atom is 0.213 e. The number of rotatable bonds is 14. The lowest BCUT2D eigenvalue weighted by Gasteiger charge is -2.12. The molecule has 184 valence electrons. The molecule has 0 aliphatic heterocycles. The van der Waals surface area contributed by atoms with E-state index in [4.69, 9.17) is 88.7 Å². The van der Waals surface area contributed by atoms with Crippen LogP contribution in [0.25, 0.3) is 0 Å². The van der Waals surface area contributed by atoms with E-state index in [0.29, 0.717) is 53.5 Å². The van der Waals surface area contributed by atoms with Gasteiger partial charge in [0.15, 0.2) is 5.75 Å². The average molecular weight is 589 g/mol. The lowest BCUT2D eigenvalue weighted by Crippen LogP contribution is -2.06. The summed E-state index contributed by atoms with van der Waals surface area (Å²) in [4.78, 5) is 9.23. The molecule has 0 aliphatic rings. The number of oxime groups is 1. The summed E-state index contributed by atoms with van der Waals surface area (Å²) in [5.74, 6) is 1.34. The van der Waals surface area contributed by atoms with Gasteiger partial charge >= 0.3 is 0 Å². The highest BCUT2D eigenvalue weighted by atomic mass is 35.5. The molecule has 0 spiro atoms. The van der Waals surface area contributed by atoms with Gasteiger partial charge in [0.05, 0.1) is 23.3 Å². The molecule has 0 saturated carbocycles. The van der Waals surface area contributed by atoms with Gasteiger partial charge in [-0.3, -0.25) is 0 Å². The first kappa shape index (κ1) is 28.7. The number of halogens is 6. The Morgan fingerprint density at radius 3 is 2.21 bits per heavy atom. The largest absolute Gasteiger partial charge is 0.490 e. The van der Waals surface area contributed by atoms with Gasteiger partial charge in [-0.05, 0) is 17.7 Å². The zero-order valence-electron chi connectivity index (χ0n) is 17.7. The minimum Gasteiger partial charge on any atom is -0.490 e. The van der Waals surface area contributed by atoms with Crippen molar-refractivity contribution in [3.8, 4) is 17.4 Å². The first-order valence-corrected chi connectivity index (χ1v) is 12.1. The molecule has 0 fully saturated rings. The van der Waals surface area contributed by atoms with E-state index in [9.17, 15) is 0 Å². The molecule has 0 aliphatic carbocycles. The molecular weight excluding hydrogens is 569 g/mol. The highest BCUT2D eigenvalue weighted by Crippen LogP contribution is 2.37. The second-order valence-electron chi connectivity index (χ2n) is 6.36. The van der Waals surface area contributed by atoms with Crippen LogP contribution >= 0.6 is 69.6 Å². The summed E-state index contributed by atoms with van der Waals surface area (Å²) >= 11 is 34.5. The Balaban J connectivity index is 1.69. The fraction of sp³-hybridized carbons (Fsp3) is 0.273. The summed E-state index contributed by atoms with van der Waals surface area (Å²) in [6.45, 7) is 1.14. The lowest BCUT2D eigenvalue weighted by atomic mass is 10.2. The molecule has 1 heterocycles. The Hall–Kier alpha value is -1.54. The molecule has 0 N–H and O–H groups in total. The van der Waals surface area contributed by atoms with E-state index in [1.807, 2.05) is 6.07 Å². The molecule has 2 rings (SSSR count). The van der Waals surface area contributed by atoms with Gasteiger partial charge in [0.2, 0.25) is 5.88 Å². The second-order valence-corrected chi connectivity index (χ2v) is 9.19. The Morgan fingerprint density at radius 2 is 1.56 bits per heavy atom. The van der Waals surface area contributed by atoms with Crippen LogP contribution in [0.4, 0.5) is 0 Å². The van der Waals surface area contributed by atoms with E-state index in [1.165, 1.54) is 12.2 Å². The topological polar surface area (TPSA) is 62.2 Å². The van der Waals surface area contributed by atoms with Gasteiger partial charge in [-0.25, -0.2) is 4.98 Å². The van der Waals surface area contributed by atoms with Gasteiger partial charge in [0.1, 0.15) is 27.9 Å². The molecule has 0 unspecified atom stereocenters. The first-order chi connectivity index (χ1) is 16.3. The van der Waals surface area contributed by atoms with E-state index in [-0.39, 0.29) is 22.2 Å². The van der Waals surface area contributed by atoms with Crippen molar-refractivity contribution in [1.29, 1.82) is 0 Å². The van der Waals surface area contributed by atoms with Gasteiger partial charge in [0.25, 0.3) is 0 Å².